The molecule has 0 spiro atoms. The third kappa shape index (κ3) is 5.24. The van der Waals surface area contributed by atoms with Gasteiger partial charge >= 0.3 is 0 Å². The second-order valence-corrected chi connectivity index (χ2v) is 6.45. The van der Waals surface area contributed by atoms with Crippen LogP contribution in [0.1, 0.15) is 11.5 Å². The Morgan fingerprint density at radius 2 is 1.93 bits per heavy atom. The molecule has 3 aromatic rings. The Balaban J connectivity index is 1.55. The first-order valence-corrected chi connectivity index (χ1v) is 9.17. The summed E-state index contributed by atoms with van der Waals surface area (Å²) >= 11 is 1.18. The van der Waals surface area contributed by atoms with Crippen LogP contribution in [0.3, 0.4) is 0 Å². The Morgan fingerprint density at radius 1 is 1.11 bits per heavy atom. The zero-order valence-electron chi connectivity index (χ0n) is 15.0. The van der Waals surface area contributed by atoms with E-state index in [1.165, 1.54) is 11.8 Å². The van der Waals surface area contributed by atoms with Gasteiger partial charge in [-0.1, -0.05) is 42.1 Å². The number of carbonyl (C=O) groups excluding carboxylic acids is 1. The van der Waals surface area contributed by atoms with Crippen LogP contribution >= 0.6 is 11.8 Å². The van der Waals surface area contributed by atoms with Gasteiger partial charge in [-0.15, -0.1) is 10.2 Å². The number of thioether (sulfide) groups is 1. The lowest BCUT2D eigenvalue weighted by molar-refractivity contribution is -0.113. The van der Waals surface area contributed by atoms with Crippen molar-refractivity contribution in [3.05, 3.63) is 60.0 Å². The van der Waals surface area contributed by atoms with Gasteiger partial charge in [-0.3, -0.25) is 4.79 Å². The fourth-order valence-corrected chi connectivity index (χ4v) is 2.94. The summed E-state index contributed by atoms with van der Waals surface area (Å²) in [7, 11) is 3.10. The maximum Gasteiger partial charge on any atom is 0.277 e. The monoisotopic (exact) mass is 385 g/mol. The number of hydrogen-bond acceptors (Lipinski definition) is 7. The number of amides is 1. The summed E-state index contributed by atoms with van der Waals surface area (Å²) in [6.07, 6.45) is 0.557. The lowest BCUT2D eigenvalue weighted by Crippen LogP contribution is -2.14. The summed E-state index contributed by atoms with van der Waals surface area (Å²) in [6.45, 7) is 0. The molecule has 0 aliphatic rings. The zero-order valence-corrected chi connectivity index (χ0v) is 15.8. The number of nitrogens with zero attached hydrogens (tertiary/aromatic N) is 2. The van der Waals surface area contributed by atoms with Gasteiger partial charge in [-0.05, 0) is 17.7 Å². The number of aromatic nitrogens is 2. The minimum atomic E-state index is -0.214. The van der Waals surface area contributed by atoms with Crippen molar-refractivity contribution in [1.82, 2.24) is 10.2 Å². The van der Waals surface area contributed by atoms with Gasteiger partial charge in [0.25, 0.3) is 5.22 Å². The summed E-state index contributed by atoms with van der Waals surface area (Å²) < 4.78 is 16.0. The molecule has 7 nitrogen and oxygen atoms in total. The molecule has 8 heteroatoms. The molecule has 1 heterocycles. The lowest BCUT2D eigenvalue weighted by atomic mass is 10.2. The van der Waals surface area contributed by atoms with Gasteiger partial charge in [0, 0.05) is 6.07 Å². The van der Waals surface area contributed by atoms with Gasteiger partial charge in [0.1, 0.15) is 11.5 Å². The Hall–Kier alpha value is -3.00. The molecule has 0 radical (unpaired) electrons. The van der Waals surface area contributed by atoms with E-state index in [9.17, 15) is 4.79 Å². The first-order valence-electron chi connectivity index (χ1n) is 8.19. The van der Waals surface area contributed by atoms with E-state index >= 15 is 0 Å². The van der Waals surface area contributed by atoms with E-state index in [2.05, 4.69) is 15.5 Å². The molecule has 0 aliphatic carbocycles. The van der Waals surface area contributed by atoms with Crippen molar-refractivity contribution in [2.75, 3.05) is 25.3 Å². The predicted octanol–water partition coefficient (Wildman–Crippen LogP) is 3.41. The molecule has 1 N–H and O–H groups in total. The SMILES string of the molecule is COc1ccc(OC)c(NC(=O)CSc2nnc(Cc3ccccc3)o2)c1. The quantitative estimate of drug-likeness (QED) is 0.595. The molecule has 0 saturated heterocycles. The summed E-state index contributed by atoms with van der Waals surface area (Å²) in [5.74, 6) is 1.61. The topological polar surface area (TPSA) is 86.5 Å². The molecule has 0 saturated carbocycles. The highest BCUT2D eigenvalue weighted by molar-refractivity contribution is 7.99. The summed E-state index contributed by atoms with van der Waals surface area (Å²) in [6, 6.07) is 15.0. The predicted molar refractivity (Wildman–Crippen MR) is 102 cm³/mol. The van der Waals surface area contributed by atoms with Gasteiger partial charge < -0.3 is 19.2 Å². The number of carbonyl (C=O) groups is 1. The molecule has 1 amide bonds. The van der Waals surface area contributed by atoms with Crippen LogP contribution in [0.5, 0.6) is 11.5 Å². The first kappa shape index (κ1) is 18.8. The number of anilines is 1. The van der Waals surface area contributed by atoms with Gasteiger partial charge in [0.05, 0.1) is 32.1 Å². The van der Waals surface area contributed by atoms with Crippen molar-refractivity contribution in [3.8, 4) is 11.5 Å². The van der Waals surface area contributed by atoms with E-state index < -0.39 is 0 Å². The molecular formula is C19H19N3O4S. The van der Waals surface area contributed by atoms with Crippen LogP contribution in [0.4, 0.5) is 5.69 Å². The highest BCUT2D eigenvalue weighted by Gasteiger charge is 2.13. The van der Waals surface area contributed by atoms with Crippen molar-refractivity contribution in [2.24, 2.45) is 0 Å². The van der Waals surface area contributed by atoms with Crippen LogP contribution in [0, 0.1) is 0 Å². The first-order chi connectivity index (χ1) is 13.2. The van der Waals surface area contributed by atoms with Gasteiger partial charge in [0.15, 0.2) is 0 Å². The van der Waals surface area contributed by atoms with Crippen LogP contribution in [0.25, 0.3) is 0 Å². The van der Waals surface area contributed by atoms with E-state index in [-0.39, 0.29) is 11.7 Å². The Bertz CT molecular complexity index is 899. The van der Waals surface area contributed by atoms with Crippen LogP contribution in [0.2, 0.25) is 0 Å². The smallest absolute Gasteiger partial charge is 0.277 e. The molecular weight excluding hydrogens is 366 g/mol. The van der Waals surface area contributed by atoms with Crippen molar-refractivity contribution < 1.29 is 18.7 Å². The minimum absolute atomic E-state index is 0.132. The second kappa shape index (κ2) is 9.09. The standard InChI is InChI=1S/C19H19N3O4S/c1-24-14-8-9-16(25-2)15(11-14)20-17(23)12-27-19-22-21-18(26-19)10-13-6-4-3-5-7-13/h3-9,11H,10,12H2,1-2H3,(H,20,23). The largest absolute Gasteiger partial charge is 0.497 e. The molecule has 0 fully saturated rings. The van der Waals surface area contributed by atoms with Crippen molar-refractivity contribution in [2.45, 2.75) is 11.6 Å². The maximum atomic E-state index is 12.2. The Morgan fingerprint density at radius 3 is 2.67 bits per heavy atom. The number of ether oxygens (including phenoxy) is 2. The van der Waals surface area contributed by atoms with Crippen molar-refractivity contribution in [1.29, 1.82) is 0 Å². The van der Waals surface area contributed by atoms with Crippen LogP contribution in [0.15, 0.2) is 58.2 Å². The number of benzene rings is 2. The average Bonchev–Trinajstić information content (AvgIpc) is 3.14. The molecule has 0 unspecified atom stereocenters. The van der Waals surface area contributed by atoms with Crippen molar-refractivity contribution >= 4 is 23.4 Å². The van der Waals surface area contributed by atoms with Crippen LogP contribution in [-0.2, 0) is 11.2 Å². The summed E-state index contributed by atoms with van der Waals surface area (Å²) in [4.78, 5) is 12.2. The molecule has 0 bridgehead atoms. The van der Waals surface area contributed by atoms with E-state index in [1.54, 1.807) is 32.4 Å². The Kier molecular flexibility index (Phi) is 6.32. The van der Waals surface area contributed by atoms with Crippen LogP contribution in [-0.4, -0.2) is 36.1 Å². The molecule has 0 atom stereocenters. The van der Waals surface area contributed by atoms with Gasteiger partial charge in [-0.25, -0.2) is 0 Å². The van der Waals surface area contributed by atoms with Crippen LogP contribution < -0.4 is 14.8 Å². The molecule has 27 heavy (non-hydrogen) atoms. The second-order valence-electron chi connectivity index (χ2n) is 5.53. The number of rotatable bonds is 8. The van der Waals surface area contributed by atoms with E-state index in [1.807, 2.05) is 30.3 Å². The van der Waals surface area contributed by atoms with Crippen molar-refractivity contribution in [3.63, 3.8) is 0 Å². The molecule has 1 aromatic heterocycles. The highest BCUT2D eigenvalue weighted by Crippen LogP contribution is 2.29. The van der Waals surface area contributed by atoms with Gasteiger partial charge in [0.2, 0.25) is 11.8 Å². The Labute approximate surface area is 161 Å². The average molecular weight is 385 g/mol. The lowest BCUT2D eigenvalue weighted by Gasteiger charge is -2.11. The fourth-order valence-electron chi connectivity index (χ4n) is 2.36. The molecule has 140 valence electrons. The minimum Gasteiger partial charge on any atom is -0.497 e. The fraction of sp³-hybridized carbons (Fsp3) is 0.211. The van der Waals surface area contributed by atoms with E-state index in [0.29, 0.717) is 34.7 Å². The normalized spacial score (nSPS) is 10.4. The third-order valence-corrected chi connectivity index (χ3v) is 4.47. The number of nitrogens with one attached hydrogen (secondary N) is 1. The number of hydrogen-bond donors (Lipinski definition) is 1. The maximum absolute atomic E-state index is 12.2. The highest BCUT2D eigenvalue weighted by atomic mass is 32.2. The zero-order chi connectivity index (χ0) is 19.1. The van der Waals surface area contributed by atoms with E-state index in [4.69, 9.17) is 13.9 Å². The third-order valence-electron chi connectivity index (χ3n) is 3.65. The van der Waals surface area contributed by atoms with E-state index in [0.717, 1.165) is 5.56 Å². The number of methoxy groups -OCH3 is 2. The summed E-state index contributed by atoms with van der Waals surface area (Å²) in [5, 5.41) is 11.1. The molecule has 0 aliphatic heterocycles. The summed E-state index contributed by atoms with van der Waals surface area (Å²) in [5.41, 5.74) is 1.62. The molecule has 3 rings (SSSR count). The van der Waals surface area contributed by atoms with Gasteiger partial charge in [-0.2, -0.15) is 0 Å². The molecule has 2 aromatic carbocycles.